The molecule has 2 aliphatic rings. The fraction of sp³-hybridized carbons (Fsp3) is 0.611. The lowest BCUT2D eigenvalue weighted by Crippen LogP contribution is -2.45. The van der Waals surface area contributed by atoms with E-state index in [1.165, 1.54) is 25.7 Å². The van der Waals surface area contributed by atoms with Gasteiger partial charge in [0, 0.05) is 11.1 Å². The van der Waals surface area contributed by atoms with Crippen LogP contribution >= 0.6 is 23.2 Å². The van der Waals surface area contributed by atoms with Crippen molar-refractivity contribution in [3.63, 3.8) is 0 Å². The smallest absolute Gasteiger partial charge is 0.260 e. The maximum atomic E-state index is 12.4. The van der Waals surface area contributed by atoms with E-state index >= 15 is 0 Å². The van der Waals surface area contributed by atoms with Crippen LogP contribution in [0.5, 0.6) is 5.75 Å². The van der Waals surface area contributed by atoms with Gasteiger partial charge in [-0.05, 0) is 69.1 Å². The Balaban J connectivity index is 1.55. The Labute approximate surface area is 147 Å². The Hall–Kier alpha value is -0.930. The first kappa shape index (κ1) is 16.9. The van der Waals surface area contributed by atoms with Crippen LogP contribution in [0.25, 0.3) is 0 Å². The SMILES string of the molecule is C[C@H](Oc1ccc(Cl)cc1Cl)C(=O)N[C@H](C)[C@@H]1C[C@H]2CC[C@H]1C2. The summed E-state index contributed by atoms with van der Waals surface area (Å²) in [5, 5.41) is 4.09. The molecule has 0 unspecified atom stereocenters. The number of carbonyl (C=O) groups excluding carboxylic acids is 1. The summed E-state index contributed by atoms with van der Waals surface area (Å²) in [6, 6.07) is 5.20. The normalized spacial score (nSPS) is 28.4. The summed E-state index contributed by atoms with van der Waals surface area (Å²) in [5.74, 6) is 2.67. The topological polar surface area (TPSA) is 38.3 Å². The first-order valence-corrected chi connectivity index (χ1v) is 9.11. The maximum Gasteiger partial charge on any atom is 0.260 e. The van der Waals surface area contributed by atoms with E-state index in [1.54, 1.807) is 25.1 Å². The Morgan fingerprint density at radius 3 is 2.65 bits per heavy atom. The molecule has 2 bridgehead atoms. The van der Waals surface area contributed by atoms with Gasteiger partial charge in [-0.25, -0.2) is 0 Å². The summed E-state index contributed by atoms with van der Waals surface area (Å²) in [6.45, 7) is 3.86. The minimum atomic E-state index is -0.588. The number of ether oxygens (including phenoxy) is 1. The average Bonchev–Trinajstić information content (AvgIpc) is 3.12. The fourth-order valence-electron chi connectivity index (χ4n) is 4.17. The summed E-state index contributed by atoms with van der Waals surface area (Å²) in [6.07, 6.45) is 4.70. The largest absolute Gasteiger partial charge is 0.479 e. The molecule has 0 saturated heterocycles. The highest BCUT2D eigenvalue weighted by Crippen LogP contribution is 2.49. The predicted molar refractivity (Wildman–Crippen MR) is 93.1 cm³/mol. The molecule has 0 radical (unpaired) electrons. The molecule has 0 aromatic heterocycles. The zero-order valence-electron chi connectivity index (χ0n) is 13.5. The Bertz CT molecular complexity index is 592. The van der Waals surface area contributed by atoms with Gasteiger partial charge in [-0.2, -0.15) is 0 Å². The summed E-state index contributed by atoms with van der Waals surface area (Å²) < 4.78 is 5.68. The van der Waals surface area contributed by atoms with E-state index in [-0.39, 0.29) is 11.9 Å². The van der Waals surface area contributed by atoms with Crippen molar-refractivity contribution in [2.45, 2.75) is 51.7 Å². The molecule has 3 nitrogen and oxygen atoms in total. The number of amides is 1. The van der Waals surface area contributed by atoms with Crippen LogP contribution in [0.1, 0.15) is 39.5 Å². The van der Waals surface area contributed by atoms with Gasteiger partial charge in [0.25, 0.3) is 5.91 Å². The third kappa shape index (κ3) is 3.77. The number of benzene rings is 1. The minimum absolute atomic E-state index is 0.0914. The van der Waals surface area contributed by atoms with Gasteiger partial charge in [0.2, 0.25) is 0 Å². The van der Waals surface area contributed by atoms with E-state index in [1.807, 2.05) is 0 Å². The number of hydrogen-bond acceptors (Lipinski definition) is 2. The van der Waals surface area contributed by atoms with Gasteiger partial charge < -0.3 is 10.1 Å². The van der Waals surface area contributed by atoms with Gasteiger partial charge in [-0.15, -0.1) is 0 Å². The van der Waals surface area contributed by atoms with E-state index in [4.69, 9.17) is 27.9 Å². The molecule has 1 aromatic carbocycles. The monoisotopic (exact) mass is 355 g/mol. The van der Waals surface area contributed by atoms with Crippen molar-refractivity contribution in [1.82, 2.24) is 5.32 Å². The Kier molecular flexibility index (Phi) is 5.07. The van der Waals surface area contributed by atoms with Crippen LogP contribution in [0, 0.1) is 17.8 Å². The molecule has 0 spiro atoms. The molecule has 126 valence electrons. The predicted octanol–water partition coefficient (Wildman–Crippen LogP) is 4.70. The van der Waals surface area contributed by atoms with Gasteiger partial charge >= 0.3 is 0 Å². The average molecular weight is 356 g/mol. The van der Waals surface area contributed by atoms with Crippen LogP contribution in [0.4, 0.5) is 0 Å². The van der Waals surface area contributed by atoms with Crippen molar-refractivity contribution in [1.29, 1.82) is 0 Å². The van der Waals surface area contributed by atoms with Crippen LogP contribution in [-0.4, -0.2) is 18.1 Å². The zero-order valence-corrected chi connectivity index (χ0v) is 15.0. The van der Waals surface area contributed by atoms with Gasteiger partial charge in [-0.1, -0.05) is 29.6 Å². The number of fused-ring (bicyclic) bond motifs is 2. The number of nitrogens with one attached hydrogen (secondary N) is 1. The van der Waals surface area contributed by atoms with Crippen LogP contribution in [0.2, 0.25) is 10.0 Å². The third-order valence-corrected chi connectivity index (χ3v) is 5.90. The number of carbonyl (C=O) groups is 1. The molecule has 2 aliphatic carbocycles. The highest BCUT2D eigenvalue weighted by atomic mass is 35.5. The third-order valence-electron chi connectivity index (χ3n) is 5.37. The number of rotatable bonds is 5. The quantitative estimate of drug-likeness (QED) is 0.830. The maximum absolute atomic E-state index is 12.4. The van der Waals surface area contributed by atoms with Crippen LogP contribution in [0.15, 0.2) is 18.2 Å². The second-order valence-corrected chi connectivity index (χ2v) is 7.81. The second-order valence-electron chi connectivity index (χ2n) is 6.97. The highest BCUT2D eigenvalue weighted by molar-refractivity contribution is 6.35. The van der Waals surface area contributed by atoms with Crippen molar-refractivity contribution in [2.24, 2.45) is 17.8 Å². The van der Waals surface area contributed by atoms with E-state index in [0.717, 1.165) is 11.8 Å². The van der Waals surface area contributed by atoms with E-state index in [9.17, 15) is 4.79 Å². The van der Waals surface area contributed by atoms with E-state index in [2.05, 4.69) is 12.2 Å². The van der Waals surface area contributed by atoms with Crippen molar-refractivity contribution in [3.05, 3.63) is 28.2 Å². The molecular formula is C18H23Cl2NO2. The minimum Gasteiger partial charge on any atom is -0.479 e. The van der Waals surface area contributed by atoms with E-state index in [0.29, 0.717) is 21.7 Å². The van der Waals surface area contributed by atoms with Crippen LogP contribution in [-0.2, 0) is 4.79 Å². The lowest BCUT2D eigenvalue weighted by Gasteiger charge is -2.29. The lowest BCUT2D eigenvalue weighted by atomic mass is 9.84. The Morgan fingerprint density at radius 1 is 1.26 bits per heavy atom. The molecule has 1 aromatic rings. The molecule has 23 heavy (non-hydrogen) atoms. The first-order valence-electron chi connectivity index (χ1n) is 8.36. The number of halogens is 2. The van der Waals surface area contributed by atoms with Crippen molar-refractivity contribution < 1.29 is 9.53 Å². The molecule has 5 heteroatoms. The highest BCUT2D eigenvalue weighted by Gasteiger charge is 2.42. The molecule has 0 heterocycles. The van der Waals surface area contributed by atoms with Gasteiger partial charge in [0.15, 0.2) is 6.10 Å². The van der Waals surface area contributed by atoms with Crippen molar-refractivity contribution >= 4 is 29.1 Å². The molecule has 1 N–H and O–H groups in total. The Morgan fingerprint density at radius 2 is 2.04 bits per heavy atom. The summed E-state index contributed by atoms with van der Waals surface area (Å²) >= 11 is 12.0. The van der Waals surface area contributed by atoms with Gasteiger partial charge in [0.05, 0.1) is 5.02 Å². The first-order chi connectivity index (χ1) is 10.9. The summed E-state index contributed by atoms with van der Waals surface area (Å²) in [7, 11) is 0. The van der Waals surface area contributed by atoms with E-state index < -0.39 is 6.10 Å². The van der Waals surface area contributed by atoms with Crippen LogP contribution < -0.4 is 10.1 Å². The zero-order chi connectivity index (χ0) is 16.6. The fourth-order valence-corrected chi connectivity index (χ4v) is 4.62. The lowest BCUT2D eigenvalue weighted by molar-refractivity contribution is -0.128. The molecule has 0 aliphatic heterocycles. The number of hydrogen-bond donors (Lipinski definition) is 1. The summed E-state index contributed by atoms with van der Waals surface area (Å²) in [4.78, 5) is 12.4. The molecule has 3 rings (SSSR count). The van der Waals surface area contributed by atoms with Gasteiger partial charge in [0.1, 0.15) is 5.75 Å². The van der Waals surface area contributed by atoms with Gasteiger partial charge in [-0.3, -0.25) is 4.79 Å². The molecule has 2 saturated carbocycles. The van der Waals surface area contributed by atoms with Crippen molar-refractivity contribution in [2.75, 3.05) is 0 Å². The molecular weight excluding hydrogens is 333 g/mol. The van der Waals surface area contributed by atoms with Crippen molar-refractivity contribution in [3.8, 4) is 5.75 Å². The molecule has 2 fully saturated rings. The second kappa shape index (κ2) is 6.90. The standard InChI is InChI=1S/C18H23Cl2NO2/c1-10(15-8-12-3-4-13(15)7-12)21-18(22)11(2)23-17-6-5-14(19)9-16(17)20/h5-6,9-13,15H,3-4,7-8H2,1-2H3,(H,21,22)/t10-,11+,12+,13+,15+/m1/s1. The van der Waals surface area contributed by atoms with Crippen LogP contribution in [0.3, 0.4) is 0 Å². The molecule has 5 atom stereocenters. The summed E-state index contributed by atoms with van der Waals surface area (Å²) in [5.41, 5.74) is 0. The molecule has 1 amide bonds.